The topological polar surface area (TPSA) is 86.9 Å². The SMILES string of the molecule is CSCC[C@H](N)C(=O)N1CCN(CCC(=O)O)CC1. The Hall–Kier alpha value is -0.790. The van der Waals surface area contributed by atoms with E-state index in [0.717, 1.165) is 18.8 Å². The molecule has 1 saturated heterocycles. The number of thioether (sulfide) groups is 1. The monoisotopic (exact) mass is 289 g/mol. The molecule has 1 atom stereocenters. The smallest absolute Gasteiger partial charge is 0.304 e. The molecule has 19 heavy (non-hydrogen) atoms. The fraction of sp³-hybridized carbons (Fsp3) is 0.833. The van der Waals surface area contributed by atoms with Crippen molar-refractivity contribution >= 4 is 23.6 Å². The molecule has 110 valence electrons. The standard InChI is InChI=1S/C12H23N3O3S/c1-19-9-3-10(13)12(18)15-7-5-14(6-8-15)4-2-11(16)17/h10H,2-9,13H2,1H3,(H,16,17)/t10-/m0/s1. The zero-order valence-corrected chi connectivity index (χ0v) is 12.2. The first-order chi connectivity index (χ1) is 9.04. The number of carbonyl (C=O) groups excluding carboxylic acids is 1. The van der Waals surface area contributed by atoms with Crippen molar-refractivity contribution in [3.05, 3.63) is 0 Å². The van der Waals surface area contributed by atoms with E-state index >= 15 is 0 Å². The van der Waals surface area contributed by atoms with Crippen LogP contribution in [0, 0.1) is 0 Å². The van der Waals surface area contributed by atoms with Crippen molar-refractivity contribution < 1.29 is 14.7 Å². The highest BCUT2D eigenvalue weighted by atomic mass is 32.2. The van der Waals surface area contributed by atoms with Crippen LogP contribution in [0.5, 0.6) is 0 Å². The zero-order chi connectivity index (χ0) is 14.3. The van der Waals surface area contributed by atoms with E-state index in [9.17, 15) is 9.59 Å². The lowest BCUT2D eigenvalue weighted by Gasteiger charge is -2.35. The van der Waals surface area contributed by atoms with Gasteiger partial charge in [0.25, 0.3) is 0 Å². The zero-order valence-electron chi connectivity index (χ0n) is 11.4. The maximum atomic E-state index is 12.1. The van der Waals surface area contributed by atoms with Crippen LogP contribution in [0.1, 0.15) is 12.8 Å². The average molecular weight is 289 g/mol. The van der Waals surface area contributed by atoms with Gasteiger partial charge in [-0.15, -0.1) is 0 Å². The van der Waals surface area contributed by atoms with Gasteiger partial charge in [-0.3, -0.25) is 14.5 Å². The summed E-state index contributed by atoms with van der Waals surface area (Å²) in [4.78, 5) is 26.4. The van der Waals surface area contributed by atoms with E-state index in [0.29, 0.717) is 26.1 Å². The molecule has 0 bridgehead atoms. The van der Waals surface area contributed by atoms with Crippen molar-refractivity contribution in [3.8, 4) is 0 Å². The van der Waals surface area contributed by atoms with Gasteiger partial charge in [0.05, 0.1) is 12.5 Å². The third-order valence-corrected chi connectivity index (χ3v) is 3.92. The molecule has 1 aliphatic heterocycles. The van der Waals surface area contributed by atoms with Crippen LogP contribution in [0.25, 0.3) is 0 Å². The van der Waals surface area contributed by atoms with Crippen LogP contribution in [-0.2, 0) is 9.59 Å². The molecule has 0 aromatic carbocycles. The molecule has 6 nitrogen and oxygen atoms in total. The van der Waals surface area contributed by atoms with E-state index in [4.69, 9.17) is 10.8 Å². The summed E-state index contributed by atoms with van der Waals surface area (Å²) >= 11 is 1.69. The van der Waals surface area contributed by atoms with E-state index in [1.165, 1.54) is 0 Å². The van der Waals surface area contributed by atoms with Crippen molar-refractivity contribution in [2.75, 3.05) is 44.7 Å². The number of piperazine rings is 1. The van der Waals surface area contributed by atoms with Crippen molar-refractivity contribution in [2.45, 2.75) is 18.9 Å². The number of carboxylic acid groups (broad SMARTS) is 1. The van der Waals surface area contributed by atoms with Crippen LogP contribution in [0.15, 0.2) is 0 Å². The lowest BCUT2D eigenvalue weighted by atomic mass is 10.2. The molecule has 1 amide bonds. The number of hydrogen-bond donors (Lipinski definition) is 2. The minimum atomic E-state index is -0.780. The molecule has 0 spiro atoms. The van der Waals surface area contributed by atoms with Crippen LogP contribution < -0.4 is 5.73 Å². The molecular weight excluding hydrogens is 266 g/mol. The summed E-state index contributed by atoms with van der Waals surface area (Å²) < 4.78 is 0. The predicted molar refractivity (Wildman–Crippen MR) is 76.2 cm³/mol. The van der Waals surface area contributed by atoms with Crippen LogP contribution in [-0.4, -0.2) is 77.6 Å². The van der Waals surface area contributed by atoms with Gasteiger partial charge in [0.2, 0.25) is 5.91 Å². The average Bonchev–Trinajstić information content (AvgIpc) is 2.42. The molecule has 0 unspecified atom stereocenters. The fourth-order valence-corrected chi connectivity index (χ4v) is 2.54. The van der Waals surface area contributed by atoms with Crippen molar-refractivity contribution in [2.24, 2.45) is 5.73 Å². The second-order valence-electron chi connectivity index (χ2n) is 4.70. The molecular formula is C12H23N3O3S. The van der Waals surface area contributed by atoms with Crippen LogP contribution in [0.2, 0.25) is 0 Å². The van der Waals surface area contributed by atoms with E-state index in [2.05, 4.69) is 4.90 Å². The Kier molecular flexibility index (Phi) is 7.19. The summed E-state index contributed by atoms with van der Waals surface area (Å²) in [5.41, 5.74) is 5.87. The highest BCUT2D eigenvalue weighted by Gasteiger charge is 2.24. The van der Waals surface area contributed by atoms with Crippen molar-refractivity contribution in [3.63, 3.8) is 0 Å². The fourth-order valence-electron chi connectivity index (χ4n) is 2.05. The van der Waals surface area contributed by atoms with E-state index < -0.39 is 12.0 Å². The first kappa shape index (κ1) is 16.3. The van der Waals surface area contributed by atoms with Crippen molar-refractivity contribution in [1.82, 2.24) is 9.80 Å². The molecule has 1 fully saturated rings. The molecule has 0 radical (unpaired) electrons. The third-order valence-electron chi connectivity index (χ3n) is 3.28. The molecule has 7 heteroatoms. The summed E-state index contributed by atoms with van der Waals surface area (Å²) in [6, 6.07) is -0.405. The summed E-state index contributed by atoms with van der Waals surface area (Å²) in [5.74, 6) is 0.135. The van der Waals surface area contributed by atoms with Crippen LogP contribution in [0.3, 0.4) is 0 Å². The van der Waals surface area contributed by atoms with Gasteiger partial charge in [0.15, 0.2) is 0 Å². The van der Waals surface area contributed by atoms with Gasteiger partial charge in [-0.1, -0.05) is 0 Å². The van der Waals surface area contributed by atoms with Crippen molar-refractivity contribution in [1.29, 1.82) is 0 Å². The maximum absolute atomic E-state index is 12.1. The quantitative estimate of drug-likeness (QED) is 0.668. The lowest BCUT2D eigenvalue weighted by molar-refractivity contribution is -0.138. The van der Waals surface area contributed by atoms with E-state index in [1.54, 1.807) is 16.7 Å². The summed E-state index contributed by atoms with van der Waals surface area (Å²) in [6.45, 7) is 3.30. The third kappa shape index (κ3) is 5.80. The molecule has 0 aliphatic carbocycles. The van der Waals surface area contributed by atoms with Gasteiger partial charge >= 0.3 is 5.97 Å². The van der Waals surface area contributed by atoms with E-state index in [1.807, 2.05) is 6.26 Å². The number of rotatable bonds is 7. The number of hydrogen-bond acceptors (Lipinski definition) is 5. The van der Waals surface area contributed by atoms with Crippen LogP contribution in [0.4, 0.5) is 0 Å². The molecule has 1 rings (SSSR count). The normalized spacial score (nSPS) is 18.3. The molecule has 1 heterocycles. The second-order valence-corrected chi connectivity index (χ2v) is 5.68. The number of nitrogens with two attached hydrogens (primary N) is 1. The van der Waals surface area contributed by atoms with Gasteiger partial charge in [0.1, 0.15) is 0 Å². The van der Waals surface area contributed by atoms with Crippen LogP contribution >= 0.6 is 11.8 Å². The molecule has 0 saturated carbocycles. The van der Waals surface area contributed by atoms with Gasteiger partial charge in [-0.05, 0) is 18.4 Å². The summed E-state index contributed by atoms with van der Waals surface area (Å²) in [7, 11) is 0. The lowest BCUT2D eigenvalue weighted by Crippen LogP contribution is -2.53. The first-order valence-electron chi connectivity index (χ1n) is 6.52. The summed E-state index contributed by atoms with van der Waals surface area (Å²) in [6.07, 6.45) is 2.86. The summed E-state index contributed by atoms with van der Waals surface area (Å²) in [5, 5.41) is 8.63. The minimum Gasteiger partial charge on any atom is -0.481 e. The Morgan fingerprint density at radius 3 is 2.47 bits per heavy atom. The number of nitrogens with zero attached hydrogens (tertiary/aromatic N) is 2. The van der Waals surface area contributed by atoms with Gasteiger partial charge in [-0.25, -0.2) is 0 Å². The van der Waals surface area contributed by atoms with Gasteiger partial charge in [0, 0.05) is 32.7 Å². The molecule has 3 N–H and O–H groups in total. The number of aliphatic carboxylic acids is 1. The Bertz CT molecular complexity index is 307. The predicted octanol–water partition coefficient (Wildman–Crippen LogP) is -0.314. The number of amides is 1. The Morgan fingerprint density at radius 2 is 1.95 bits per heavy atom. The highest BCUT2D eigenvalue weighted by Crippen LogP contribution is 2.07. The number of carboxylic acids is 1. The highest BCUT2D eigenvalue weighted by molar-refractivity contribution is 7.98. The Labute approximate surface area is 118 Å². The maximum Gasteiger partial charge on any atom is 0.304 e. The number of carbonyl (C=O) groups is 2. The Balaban J connectivity index is 2.28. The molecule has 0 aromatic rings. The van der Waals surface area contributed by atoms with Gasteiger partial charge in [-0.2, -0.15) is 11.8 Å². The first-order valence-corrected chi connectivity index (χ1v) is 7.91. The molecule has 0 aromatic heterocycles. The van der Waals surface area contributed by atoms with Gasteiger partial charge < -0.3 is 15.7 Å². The van der Waals surface area contributed by atoms with E-state index in [-0.39, 0.29) is 12.3 Å². The largest absolute Gasteiger partial charge is 0.481 e. The second kappa shape index (κ2) is 8.39. The minimum absolute atomic E-state index is 0.0203. The molecule has 1 aliphatic rings. The Morgan fingerprint density at radius 1 is 1.32 bits per heavy atom.